The van der Waals surface area contributed by atoms with Crippen molar-refractivity contribution in [2.45, 2.75) is 12.5 Å². The first kappa shape index (κ1) is 14.3. The molecule has 1 aliphatic heterocycles. The molecule has 4 nitrogen and oxygen atoms in total. The SMILES string of the molecule is COc1ccc2cc(C(O)C3(CN)CCOC3)ccc2c1. The van der Waals surface area contributed by atoms with Crippen LogP contribution in [0.5, 0.6) is 5.75 Å². The first-order valence-electron chi connectivity index (χ1n) is 7.22. The number of hydrogen-bond acceptors (Lipinski definition) is 4. The van der Waals surface area contributed by atoms with E-state index in [1.165, 1.54) is 0 Å². The van der Waals surface area contributed by atoms with Crippen LogP contribution in [-0.2, 0) is 4.74 Å². The van der Waals surface area contributed by atoms with Crippen LogP contribution in [0.4, 0.5) is 0 Å². The Balaban J connectivity index is 1.96. The maximum absolute atomic E-state index is 10.7. The standard InChI is InChI=1S/C17H21NO3/c1-20-15-5-4-12-8-14(3-2-13(12)9-15)16(19)17(10-18)6-7-21-11-17/h2-5,8-9,16,19H,6-7,10-11,18H2,1H3. The summed E-state index contributed by atoms with van der Waals surface area (Å²) >= 11 is 0. The van der Waals surface area contributed by atoms with Crippen LogP contribution in [0.3, 0.4) is 0 Å². The van der Waals surface area contributed by atoms with Gasteiger partial charge in [-0.1, -0.05) is 18.2 Å². The van der Waals surface area contributed by atoms with Gasteiger partial charge in [0.15, 0.2) is 0 Å². The van der Waals surface area contributed by atoms with Gasteiger partial charge in [-0.2, -0.15) is 0 Å². The topological polar surface area (TPSA) is 64.7 Å². The molecule has 3 N–H and O–H groups in total. The molecular formula is C17H21NO3. The van der Waals surface area contributed by atoms with Crippen molar-refractivity contribution >= 4 is 10.8 Å². The van der Waals surface area contributed by atoms with Gasteiger partial charge in [0.25, 0.3) is 0 Å². The first-order valence-corrected chi connectivity index (χ1v) is 7.22. The van der Waals surface area contributed by atoms with Gasteiger partial charge in [-0.05, 0) is 41.0 Å². The molecule has 3 rings (SSSR count). The van der Waals surface area contributed by atoms with Crippen molar-refractivity contribution in [3.05, 3.63) is 42.0 Å². The number of nitrogens with two attached hydrogens (primary N) is 1. The number of fused-ring (bicyclic) bond motifs is 1. The molecule has 1 saturated heterocycles. The van der Waals surface area contributed by atoms with Crippen molar-refractivity contribution in [2.75, 3.05) is 26.9 Å². The van der Waals surface area contributed by atoms with Crippen LogP contribution in [0, 0.1) is 5.41 Å². The van der Waals surface area contributed by atoms with Crippen LogP contribution >= 0.6 is 0 Å². The van der Waals surface area contributed by atoms with E-state index in [9.17, 15) is 5.11 Å². The molecule has 2 atom stereocenters. The zero-order valence-corrected chi connectivity index (χ0v) is 12.2. The Hall–Kier alpha value is -1.62. The summed E-state index contributed by atoms with van der Waals surface area (Å²) in [5, 5.41) is 12.9. The molecule has 0 radical (unpaired) electrons. The number of aliphatic hydroxyl groups is 1. The third-order valence-corrected chi connectivity index (χ3v) is 4.51. The summed E-state index contributed by atoms with van der Waals surface area (Å²) in [7, 11) is 1.66. The van der Waals surface area contributed by atoms with Crippen molar-refractivity contribution in [3.63, 3.8) is 0 Å². The summed E-state index contributed by atoms with van der Waals surface area (Å²) < 4.78 is 10.7. The summed E-state index contributed by atoms with van der Waals surface area (Å²) in [6.45, 7) is 1.61. The molecule has 0 saturated carbocycles. The molecule has 112 valence electrons. The monoisotopic (exact) mass is 287 g/mol. The van der Waals surface area contributed by atoms with Gasteiger partial charge in [-0.3, -0.25) is 0 Å². The van der Waals surface area contributed by atoms with E-state index in [-0.39, 0.29) is 5.41 Å². The number of aliphatic hydroxyl groups excluding tert-OH is 1. The highest BCUT2D eigenvalue weighted by atomic mass is 16.5. The first-order chi connectivity index (χ1) is 10.2. The number of benzene rings is 2. The number of hydrogen-bond donors (Lipinski definition) is 2. The molecule has 21 heavy (non-hydrogen) atoms. The Bertz CT molecular complexity index is 635. The van der Waals surface area contributed by atoms with Crippen LogP contribution < -0.4 is 10.5 Å². The van der Waals surface area contributed by atoms with Gasteiger partial charge in [0.2, 0.25) is 0 Å². The smallest absolute Gasteiger partial charge is 0.119 e. The van der Waals surface area contributed by atoms with Crippen LogP contribution in [0.15, 0.2) is 36.4 Å². The molecule has 1 heterocycles. The van der Waals surface area contributed by atoms with Crippen molar-refractivity contribution < 1.29 is 14.6 Å². The maximum atomic E-state index is 10.7. The number of methoxy groups -OCH3 is 1. The Kier molecular flexibility index (Phi) is 3.85. The van der Waals surface area contributed by atoms with Crippen LogP contribution in [0.1, 0.15) is 18.1 Å². The molecule has 0 aromatic heterocycles. The van der Waals surface area contributed by atoms with Crippen LogP contribution in [-0.4, -0.2) is 32.0 Å². The van der Waals surface area contributed by atoms with E-state index in [4.69, 9.17) is 15.2 Å². The Labute approximate surface area is 124 Å². The van der Waals surface area contributed by atoms with Gasteiger partial charge in [-0.15, -0.1) is 0 Å². The van der Waals surface area contributed by atoms with E-state index < -0.39 is 6.10 Å². The molecule has 2 aromatic rings. The Morgan fingerprint density at radius 2 is 2.05 bits per heavy atom. The summed E-state index contributed by atoms with van der Waals surface area (Å²) in [5.74, 6) is 0.832. The molecule has 0 spiro atoms. The van der Waals surface area contributed by atoms with E-state index in [0.717, 1.165) is 28.5 Å². The lowest BCUT2D eigenvalue weighted by Gasteiger charge is -2.31. The van der Waals surface area contributed by atoms with Gasteiger partial charge < -0.3 is 20.3 Å². The van der Waals surface area contributed by atoms with Gasteiger partial charge in [0, 0.05) is 18.6 Å². The van der Waals surface area contributed by atoms with E-state index in [1.54, 1.807) is 7.11 Å². The summed E-state index contributed by atoms with van der Waals surface area (Å²) in [6.07, 6.45) is 0.196. The Morgan fingerprint density at radius 3 is 2.71 bits per heavy atom. The third-order valence-electron chi connectivity index (χ3n) is 4.51. The minimum Gasteiger partial charge on any atom is -0.497 e. The second-order valence-corrected chi connectivity index (χ2v) is 5.74. The highest BCUT2D eigenvalue weighted by molar-refractivity contribution is 5.84. The fraction of sp³-hybridized carbons (Fsp3) is 0.412. The molecule has 4 heteroatoms. The molecular weight excluding hydrogens is 266 g/mol. The average molecular weight is 287 g/mol. The fourth-order valence-corrected chi connectivity index (χ4v) is 3.00. The number of rotatable bonds is 4. The summed E-state index contributed by atoms with van der Waals surface area (Å²) in [6, 6.07) is 11.9. The number of ether oxygens (including phenoxy) is 2. The molecule has 1 aliphatic rings. The minimum absolute atomic E-state index is 0.361. The minimum atomic E-state index is -0.600. The zero-order valence-electron chi connectivity index (χ0n) is 12.2. The van der Waals surface area contributed by atoms with Crippen LogP contribution in [0.25, 0.3) is 10.8 Å². The van der Waals surface area contributed by atoms with Gasteiger partial charge in [0.05, 0.1) is 19.8 Å². The van der Waals surface area contributed by atoms with Gasteiger partial charge in [0.1, 0.15) is 5.75 Å². The summed E-state index contributed by atoms with van der Waals surface area (Å²) in [5.41, 5.74) is 6.43. The van der Waals surface area contributed by atoms with Crippen molar-refractivity contribution in [1.82, 2.24) is 0 Å². The third kappa shape index (κ3) is 2.50. The lowest BCUT2D eigenvalue weighted by atomic mass is 9.78. The Morgan fingerprint density at radius 1 is 1.29 bits per heavy atom. The molecule has 2 unspecified atom stereocenters. The molecule has 0 amide bonds. The highest BCUT2D eigenvalue weighted by Gasteiger charge is 2.41. The molecule has 0 aliphatic carbocycles. The van der Waals surface area contributed by atoms with Crippen LogP contribution in [0.2, 0.25) is 0 Å². The predicted octanol–water partition coefficient (Wildman–Crippen LogP) is 2.25. The molecule has 1 fully saturated rings. The summed E-state index contributed by atoms with van der Waals surface area (Å²) in [4.78, 5) is 0. The fourth-order valence-electron chi connectivity index (χ4n) is 3.00. The normalized spacial score (nSPS) is 23.4. The predicted molar refractivity (Wildman–Crippen MR) is 82.4 cm³/mol. The molecule has 0 bridgehead atoms. The average Bonchev–Trinajstić information content (AvgIpc) is 3.03. The van der Waals surface area contributed by atoms with Gasteiger partial charge in [-0.25, -0.2) is 0 Å². The largest absolute Gasteiger partial charge is 0.497 e. The maximum Gasteiger partial charge on any atom is 0.119 e. The second kappa shape index (κ2) is 5.64. The van der Waals surface area contributed by atoms with Crippen molar-refractivity contribution in [3.8, 4) is 5.75 Å². The lowest BCUT2D eigenvalue weighted by Crippen LogP contribution is -2.37. The van der Waals surface area contributed by atoms with Crippen molar-refractivity contribution in [2.24, 2.45) is 11.1 Å². The van der Waals surface area contributed by atoms with Gasteiger partial charge >= 0.3 is 0 Å². The van der Waals surface area contributed by atoms with Crippen molar-refractivity contribution in [1.29, 1.82) is 0 Å². The lowest BCUT2D eigenvalue weighted by molar-refractivity contribution is 0.0191. The second-order valence-electron chi connectivity index (χ2n) is 5.74. The van der Waals surface area contributed by atoms with E-state index in [1.807, 2.05) is 36.4 Å². The van der Waals surface area contributed by atoms with E-state index >= 15 is 0 Å². The zero-order chi connectivity index (χ0) is 14.9. The highest BCUT2D eigenvalue weighted by Crippen LogP contribution is 2.41. The van der Waals surface area contributed by atoms with E-state index in [0.29, 0.717) is 19.8 Å². The quantitative estimate of drug-likeness (QED) is 0.905. The van der Waals surface area contributed by atoms with E-state index in [2.05, 4.69) is 0 Å². The molecule has 2 aromatic carbocycles.